The number of carbonyl (C=O) groups is 3. The fourth-order valence-electron chi connectivity index (χ4n) is 4.76. The first-order valence-corrected chi connectivity index (χ1v) is 14.2. The Morgan fingerprint density at radius 2 is 1.09 bits per heavy atom. The first-order chi connectivity index (χ1) is 16.6. The van der Waals surface area contributed by atoms with Gasteiger partial charge in [0.1, 0.15) is 11.7 Å². The van der Waals surface area contributed by atoms with Gasteiger partial charge in [0.2, 0.25) is 0 Å². The van der Waals surface area contributed by atoms with E-state index in [1.54, 1.807) is 24.3 Å². The molecule has 0 saturated heterocycles. The Hall–Kier alpha value is -1.77. The predicted octanol–water partition coefficient (Wildman–Crippen LogP) is 9.08. The van der Waals surface area contributed by atoms with E-state index in [4.69, 9.17) is 0 Å². The highest BCUT2D eigenvalue weighted by molar-refractivity contribution is 6.24. The Morgan fingerprint density at radius 3 is 1.56 bits per heavy atom. The number of aldehydes is 1. The van der Waals surface area contributed by atoms with Gasteiger partial charge in [-0.3, -0.25) is 9.59 Å². The van der Waals surface area contributed by atoms with E-state index in [1.807, 2.05) is 6.07 Å². The Kier molecular flexibility index (Phi) is 17.4. The molecule has 0 aromatic heterocycles. The lowest BCUT2D eigenvalue weighted by atomic mass is 9.72. The second-order valence-electron chi connectivity index (χ2n) is 10.0. The van der Waals surface area contributed by atoms with Crippen LogP contribution in [-0.4, -0.2) is 17.9 Å². The van der Waals surface area contributed by atoms with Gasteiger partial charge in [-0.15, -0.1) is 0 Å². The molecule has 1 aromatic rings. The Balaban J connectivity index is 2.59. The van der Waals surface area contributed by atoms with Crippen molar-refractivity contribution in [1.29, 1.82) is 0 Å². The van der Waals surface area contributed by atoms with Gasteiger partial charge in [0.05, 0.1) is 0 Å². The van der Waals surface area contributed by atoms with Gasteiger partial charge in [-0.1, -0.05) is 147 Å². The molecule has 0 aliphatic rings. The number of hydrogen-bond acceptors (Lipinski definition) is 3. The summed E-state index contributed by atoms with van der Waals surface area (Å²) in [5, 5.41) is 0. The number of rotatable bonds is 23. The van der Waals surface area contributed by atoms with Crippen LogP contribution in [0.4, 0.5) is 0 Å². The molecule has 0 saturated carbocycles. The number of hydrogen-bond donors (Lipinski definition) is 0. The Bertz CT molecular complexity index is 667. The van der Waals surface area contributed by atoms with Gasteiger partial charge in [-0.05, 0) is 12.8 Å². The van der Waals surface area contributed by atoms with Gasteiger partial charge in [0.15, 0.2) is 11.6 Å². The summed E-state index contributed by atoms with van der Waals surface area (Å²) in [6, 6.07) is 8.89. The highest BCUT2D eigenvalue weighted by Gasteiger charge is 2.44. The summed E-state index contributed by atoms with van der Waals surface area (Å²) >= 11 is 0. The smallest absolute Gasteiger partial charge is 0.183 e. The molecule has 3 heteroatoms. The highest BCUT2D eigenvalue weighted by Crippen LogP contribution is 2.31. The molecule has 0 heterocycles. The standard InChI is InChI=1S/C31H50O3/c1-3-5-7-9-11-13-14-16-21-25-29(33)31(27-32,30(34)28-23-19-18-20-24-28)26-22-17-15-12-10-8-6-4-2/h18-20,23-24,27H,3-17,21-22,25-26H2,1-2H3. The van der Waals surface area contributed by atoms with Crippen molar-refractivity contribution >= 4 is 17.9 Å². The second kappa shape index (κ2) is 19.5. The van der Waals surface area contributed by atoms with Crippen LogP contribution in [0.5, 0.6) is 0 Å². The minimum atomic E-state index is -1.51. The van der Waals surface area contributed by atoms with Gasteiger partial charge in [0.25, 0.3) is 0 Å². The Morgan fingerprint density at radius 1 is 0.647 bits per heavy atom. The monoisotopic (exact) mass is 470 g/mol. The van der Waals surface area contributed by atoms with E-state index in [2.05, 4.69) is 13.8 Å². The van der Waals surface area contributed by atoms with E-state index < -0.39 is 5.41 Å². The third kappa shape index (κ3) is 11.6. The molecular weight excluding hydrogens is 420 g/mol. The van der Waals surface area contributed by atoms with Crippen LogP contribution in [-0.2, 0) is 9.59 Å². The fraction of sp³-hybridized carbons (Fsp3) is 0.710. The predicted molar refractivity (Wildman–Crippen MR) is 143 cm³/mol. The average Bonchev–Trinajstić information content (AvgIpc) is 2.87. The lowest BCUT2D eigenvalue weighted by molar-refractivity contribution is -0.132. The zero-order valence-corrected chi connectivity index (χ0v) is 22.1. The molecule has 1 rings (SSSR count). The maximum absolute atomic E-state index is 13.4. The van der Waals surface area contributed by atoms with Crippen LogP contribution in [0.3, 0.4) is 0 Å². The van der Waals surface area contributed by atoms with Crippen LogP contribution in [0.15, 0.2) is 30.3 Å². The number of ketones is 2. The summed E-state index contributed by atoms with van der Waals surface area (Å²) in [5.41, 5.74) is -1.04. The maximum Gasteiger partial charge on any atom is 0.183 e. The third-order valence-corrected chi connectivity index (χ3v) is 7.07. The van der Waals surface area contributed by atoms with Gasteiger partial charge >= 0.3 is 0 Å². The second-order valence-corrected chi connectivity index (χ2v) is 10.0. The molecule has 192 valence electrons. The zero-order chi connectivity index (χ0) is 24.9. The first-order valence-electron chi connectivity index (χ1n) is 14.2. The summed E-state index contributed by atoms with van der Waals surface area (Å²) < 4.78 is 0. The molecule has 0 radical (unpaired) electrons. The third-order valence-electron chi connectivity index (χ3n) is 7.07. The van der Waals surface area contributed by atoms with E-state index in [0.717, 1.165) is 38.5 Å². The summed E-state index contributed by atoms with van der Waals surface area (Å²) in [7, 11) is 0. The average molecular weight is 471 g/mol. The van der Waals surface area contributed by atoms with E-state index in [0.29, 0.717) is 24.7 Å². The van der Waals surface area contributed by atoms with Crippen molar-refractivity contribution in [3.63, 3.8) is 0 Å². The number of Topliss-reactive ketones (excluding diaryl/α,β-unsaturated/α-hetero) is 2. The van der Waals surface area contributed by atoms with Gasteiger partial charge < -0.3 is 4.79 Å². The van der Waals surface area contributed by atoms with Crippen molar-refractivity contribution in [2.75, 3.05) is 0 Å². The first kappa shape index (κ1) is 30.3. The summed E-state index contributed by atoms with van der Waals surface area (Å²) in [6.07, 6.45) is 20.9. The maximum atomic E-state index is 13.4. The van der Waals surface area contributed by atoms with Crippen LogP contribution < -0.4 is 0 Å². The molecule has 0 spiro atoms. The van der Waals surface area contributed by atoms with Crippen molar-refractivity contribution in [3.05, 3.63) is 35.9 Å². The Labute approximate surface area is 209 Å². The SMILES string of the molecule is CCCCCCCCCCCC(=O)C(C=O)(CCCCCCCCCC)C(=O)c1ccccc1. The number of carbonyl (C=O) groups excluding carboxylic acids is 3. The molecule has 0 aliphatic heterocycles. The summed E-state index contributed by atoms with van der Waals surface area (Å²) in [4.78, 5) is 39.0. The van der Waals surface area contributed by atoms with Crippen molar-refractivity contribution in [2.45, 2.75) is 136 Å². The van der Waals surface area contributed by atoms with Crippen LogP contribution in [0.25, 0.3) is 0 Å². The molecule has 34 heavy (non-hydrogen) atoms. The van der Waals surface area contributed by atoms with Gasteiger partial charge in [-0.2, -0.15) is 0 Å². The minimum Gasteiger partial charge on any atom is -0.302 e. The van der Waals surface area contributed by atoms with Crippen molar-refractivity contribution in [3.8, 4) is 0 Å². The molecule has 1 unspecified atom stereocenters. The molecular formula is C31H50O3. The van der Waals surface area contributed by atoms with Gasteiger partial charge in [0, 0.05) is 12.0 Å². The molecule has 0 fully saturated rings. The van der Waals surface area contributed by atoms with E-state index in [-0.39, 0.29) is 11.6 Å². The van der Waals surface area contributed by atoms with Crippen molar-refractivity contribution in [1.82, 2.24) is 0 Å². The van der Waals surface area contributed by atoms with Crippen LogP contribution in [0, 0.1) is 5.41 Å². The number of benzene rings is 1. The molecule has 1 atom stereocenters. The van der Waals surface area contributed by atoms with Crippen LogP contribution >= 0.6 is 0 Å². The normalized spacial score (nSPS) is 12.9. The summed E-state index contributed by atoms with van der Waals surface area (Å²) in [5.74, 6) is -0.491. The van der Waals surface area contributed by atoms with Crippen LogP contribution in [0.1, 0.15) is 146 Å². The van der Waals surface area contributed by atoms with Gasteiger partial charge in [-0.25, -0.2) is 0 Å². The quantitative estimate of drug-likeness (QED) is 0.0693. The topological polar surface area (TPSA) is 51.2 Å². The molecule has 0 aliphatic carbocycles. The van der Waals surface area contributed by atoms with Crippen molar-refractivity contribution < 1.29 is 14.4 Å². The largest absolute Gasteiger partial charge is 0.302 e. The van der Waals surface area contributed by atoms with E-state index >= 15 is 0 Å². The van der Waals surface area contributed by atoms with Crippen LogP contribution in [0.2, 0.25) is 0 Å². The van der Waals surface area contributed by atoms with E-state index in [9.17, 15) is 14.4 Å². The molecule has 0 bridgehead atoms. The molecule has 0 N–H and O–H groups in total. The van der Waals surface area contributed by atoms with E-state index in [1.165, 1.54) is 70.6 Å². The summed E-state index contributed by atoms with van der Waals surface area (Å²) in [6.45, 7) is 4.45. The highest BCUT2D eigenvalue weighted by atomic mass is 16.2. The molecule has 0 amide bonds. The lowest BCUT2D eigenvalue weighted by Gasteiger charge is -2.25. The fourth-order valence-corrected chi connectivity index (χ4v) is 4.76. The number of unbranched alkanes of at least 4 members (excludes halogenated alkanes) is 15. The lowest BCUT2D eigenvalue weighted by Crippen LogP contribution is -2.41. The minimum absolute atomic E-state index is 0.178. The molecule has 3 nitrogen and oxygen atoms in total. The molecule has 1 aromatic carbocycles. The van der Waals surface area contributed by atoms with Crippen molar-refractivity contribution in [2.24, 2.45) is 5.41 Å². The zero-order valence-electron chi connectivity index (χ0n) is 22.1.